The maximum atomic E-state index is 14.0. The molecule has 0 atom stereocenters. The molecule has 0 aliphatic heterocycles. The summed E-state index contributed by atoms with van der Waals surface area (Å²) >= 11 is 12.2. The third-order valence-electron chi connectivity index (χ3n) is 4.05. The van der Waals surface area contributed by atoms with Crippen molar-refractivity contribution >= 4 is 34.7 Å². The molecule has 0 radical (unpaired) electrons. The van der Waals surface area contributed by atoms with Crippen LogP contribution in [0.5, 0.6) is 0 Å². The Labute approximate surface area is 170 Å². The average molecular weight is 425 g/mol. The van der Waals surface area contributed by atoms with E-state index in [-0.39, 0.29) is 33.9 Å². The molecule has 28 heavy (non-hydrogen) atoms. The number of nitrogens with zero attached hydrogens (tertiary/aromatic N) is 3. The number of anilines is 1. The summed E-state index contributed by atoms with van der Waals surface area (Å²) in [6.07, 6.45) is 2.93. The van der Waals surface area contributed by atoms with Gasteiger partial charge in [0.15, 0.2) is 11.6 Å². The maximum Gasteiger partial charge on any atom is 0.180 e. The minimum absolute atomic E-state index is 0.0176. The Morgan fingerprint density at radius 2 is 2.04 bits per heavy atom. The molecule has 0 aliphatic rings. The fraction of sp³-hybridized carbons (Fsp3) is 0.211. The Kier molecular flexibility index (Phi) is 6.26. The van der Waals surface area contributed by atoms with Crippen LogP contribution in [-0.2, 0) is 13.0 Å². The van der Waals surface area contributed by atoms with Crippen molar-refractivity contribution in [2.45, 2.75) is 19.9 Å². The highest BCUT2D eigenvalue weighted by molar-refractivity contribution is 6.31. The monoisotopic (exact) mass is 424 g/mol. The van der Waals surface area contributed by atoms with Gasteiger partial charge in [-0.25, -0.2) is 13.5 Å². The summed E-state index contributed by atoms with van der Waals surface area (Å²) in [5.74, 6) is -1.26. The molecule has 0 saturated carbocycles. The van der Waals surface area contributed by atoms with Crippen LogP contribution >= 0.6 is 23.2 Å². The molecule has 3 aromatic rings. The van der Waals surface area contributed by atoms with Crippen LogP contribution in [0.4, 0.5) is 14.5 Å². The third-order valence-corrected chi connectivity index (χ3v) is 4.77. The van der Waals surface area contributed by atoms with Crippen molar-refractivity contribution < 1.29 is 13.6 Å². The standard InChI is InChI=1S/C19H16Cl2F2N4O/c1-11(28)18-14(5-6-25-16-4-2-3-15(20)17(16)23)19(21)27(26-18)10-12-7-13(22)9-24-8-12/h2-4,7-9,25H,5-6,10H2,1H3. The molecular formula is C19H16Cl2F2N4O. The molecule has 3 rings (SSSR count). The first kappa shape index (κ1) is 20.2. The zero-order valence-corrected chi connectivity index (χ0v) is 16.4. The van der Waals surface area contributed by atoms with Crippen LogP contribution in [0.2, 0.25) is 10.2 Å². The largest absolute Gasteiger partial charge is 0.382 e. The smallest absolute Gasteiger partial charge is 0.180 e. The van der Waals surface area contributed by atoms with E-state index in [1.54, 1.807) is 12.1 Å². The van der Waals surface area contributed by atoms with E-state index < -0.39 is 11.6 Å². The van der Waals surface area contributed by atoms with Crippen molar-refractivity contribution in [3.8, 4) is 0 Å². The van der Waals surface area contributed by atoms with Crippen molar-refractivity contribution in [1.29, 1.82) is 0 Å². The first-order valence-corrected chi connectivity index (χ1v) is 9.16. The second-order valence-electron chi connectivity index (χ2n) is 6.12. The topological polar surface area (TPSA) is 59.8 Å². The number of hydrogen-bond donors (Lipinski definition) is 1. The van der Waals surface area contributed by atoms with E-state index in [1.165, 1.54) is 29.9 Å². The van der Waals surface area contributed by atoms with Crippen molar-refractivity contribution in [2.75, 3.05) is 11.9 Å². The van der Waals surface area contributed by atoms with Gasteiger partial charge in [-0.15, -0.1) is 0 Å². The Morgan fingerprint density at radius 1 is 1.25 bits per heavy atom. The second-order valence-corrected chi connectivity index (χ2v) is 6.89. The first-order chi connectivity index (χ1) is 13.4. The average Bonchev–Trinajstić information content (AvgIpc) is 2.95. The van der Waals surface area contributed by atoms with E-state index >= 15 is 0 Å². The molecule has 0 unspecified atom stereocenters. The highest BCUT2D eigenvalue weighted by Gasteiger charge is 2.20. The molecule has 1 N–H and O–H groups in total. The quantitative estimate of drug-likeness (QED) is 0.555. The van der Waals surface area contributed by atoms with E-state index in [0.717, 1.165) is 6.20 Å². The minimum atomic E-state index is -0.545. The number of ketones is 1. The Balaban J connectivity index is 1.79. The van der Waals surface area contributed by atoms with Crippen LogP contribution in [0.15, 0.2) is 36.7 Å². The molecule has 0 bridgehead atoms. The van der Waals surface area contributed by atoms with Crippen LogP contribution in [0.1, 0.15) is 28.5 Å². The lowest BCUT2D eigenvalue weighted by molar-refractivity contribution is 0.101. The predicted octanol–water partition coefficient (Wildman–Crippen LogP) is 4.77. The molecule has 146 valence electrons. The van der Waals surface area contributed by atoms with Gasteiger partial charge in [-0.1, -0.05) is 29.3 Å². The molecule has 1 aromatic carbocycles. The van der Waals surface area contributed by atoms with Crippen LogP contribution in [0.25, 0.3) is 0 Å². The highest BCUT2D eigenvalue weighted by atomic mass is 35.5. The zero-order chi connectivity index (χ0) is 20.3. The number of benzene rings is 1. The summed E-state index contributed by atoms with van der Waals surface area (Å²) < 4.78 is 28.7. The molecule has 0 aliphatic carbocycles. The van der Waals surface area contributed by atoms with E-state index in [4.69, 9.17) is 23.2 Å². The van der Waals surface area contributed by atoms with Gasteiger partial charge in [0.25, 0.3) is 0 Å². The van der Waals surface area contributed by atoms with E-state index in [1.807, 2.05) is 0 Å². The fourth-order valence-electron chi connectivity index (χ4n) is 2.77. The zero-order valence-electron chi connectivity index (χ0n) is 14.8. The Morgan fingerprint density at radius 3 is 2.75 bits per heavy atom. The summed E-state index contributed by atoms with van der Waals surface area (Å²) in [5.41, 5.74) is 1.58. The summed E-state index contributed by atoms with van der Waals surface area (Å²) in [6, 6.07) is 5.97. The van der Waals surface area contributed by atoms with Crippen LogP contribution < -0.4 is 5.32 Å². The minimum Gasteiger partial charge on any atom is -0.382 e. The van der Waals surface area contributed by atoms with Gasteiger partial charge in [0.2, 0.25) is 0 Å². The molecule has 0 fully saturated rings. The van der Waals surface area contributed by atoms with Crippen LogP contribution in [0.3, 0.4) is 0 Å². The number of nitrogens with one attached hydrogen (secondary N) is 1. The number of halogens is 4. The van der Waals surface area contributed by atoms with Gasteiger partial charge in [0.1, 0.15) is 16.7 Å². The predicted molar refractivity (Wildman–Crippen MR) is 104 cm³/mol. The number of pyridine rings is 1. The molecule has 9 heteroatoms. The number of hydrogen-bond acceptors (Lipinski definition) is 4. The lowest BCUT2D eigenvalue weighted by atomic mass is 10.1. The van der Waals surface area contributed by atoms with Gasteiger partial charge < -0.3 is 5.32 Å². The Bertz CT molecular complexity index is 1020. The lowest BCUT2D eigenvalue weighted by Crippen LogP contribution is -2.09. The van der Waals surface area contributed by atoms with Gasteiger partial charge in [-0.3, -0.25) is 9.78 Å². The van der Waals surface area contributed by atoms with Gasteiger partial charge in [0.05, 0.1) is 23.5 Å². The number of aromatic nitrogens is 3. The van der Waals surface area contributed by atoms with Crippen LogP contribution in [-0.4, -0.2) is 27.1 Å². The molecular weight excluding hydrogens is 409 g/mol. The van der Waals surface area contributed by atoms with Crippen molar-refractivity contribution in [1.82, 2.24) is 14.8 Å². The van der Waals surface area contributed by atoms with Crippen molar-refractivity contribution in [2.24, 2.45) is 0 Å². The molecule has 2 aromatic heterocycles. The Hall–Kier alpha value is -2.51. The number of rotatable bonds is 7. The molecule has 2 heterocycles. The summed E-state index contributed by atoms with van der Waals surface area (Å²) in [5, 5.41) is 7.47. The first-order valence-electron chi connectivity index (χ1n) is 8.40. The summed E-state index contributed by atoms with van der Waals surface area (Å²) in [6.45, 7) is 1.87. The van der Waals surface area contributed by atoms with Gasteiger partial charge in [0, 0.05) is 25.2 Å². The van der Waals surface area contributed by atoms with Crippen molar-refractivity contribution in [3.63, 3.8) is 0 Å². The molecule has 0 spiro atoms. The highest BCUT2D eigenvalue weighted by Crippen LogP contribution is 2.24. The molecule has 0 amide bonds. The van der Waals surface area contributed by atoms with Gasteiger partial charge >= 0.3 is 0 Å². The van der Waals surface area contributed by atoms with E-state index in [0.29, 0.717) is 24.1 Å². The van der Waals surface area contributed by atoms with E-state index in [9.17, 15) is 13.6 Å². The van der Waals surface area contributed by atoms with Gasteiger partial charge in [-0.05, 0) is 30.2 Å². The molecule has 0 saturated heterocycles. The lowest BCUT2D eigenvalue weighted by Gasteiger charge is -2.08. The number of carbonyl (C=O) groups excluding carboxylic acids is 1. The van der Waals surface area contributed by atoms with Crippen molar-refractivity contribution in [3.05, 3.63) is 75.3 Å². The third kappa shape index (κ3) is 4.48. The number of carbonyl (C=O) groups is 1. The number of Topliss-reactive ketones (excluding diaryl/α,β-unsaturated/α-hetero) is 1. The second kappa shape index (κ2) is 8.67. The summed E-state index contributed by atoms with van der Waals surface area (Å²) in [4.78, 5) is 15.8. The maximum absolute atomic E-state index is 14.0. The van der Waals surface area contributed by atoms with Gasteiger partial charge in [-0.2, -0.15) is 5.10 Å². The fourth-order valence-corrected chi connectivity index (χ4v) is 3.22. The summed E-state index contributed by atoms with van der Waals surface area (Å²) in [7, 11) is 0. The van der Waals surface area contributed by atoms with Crippen LogP contribution in [0, 0.1) is 11.6 Å². The normalized spacial score (nSPS) is 10.9. The van der Waals surface area contributed by atoms with E-state index in [2.05, 4.69) is 15.4 Å². The SMILES string of the molecule is CC(=O)c1nn(Cc2cncc(F)c2)c(Cl)c1CCNc1cccc(Cl)c1F. The molecule has 5 nitrogen and oxygen atoms in total.